The van der Waals surface area contributed by atoms with Crippen LogP contribution in [0, 0.1) is 5.92 Å². The topological polar surface area (TPSA) is 57.6 Å². The minimum atomic E-state index is -4.42. The fourth-order valence-corrected chi connectivity index (χ4v) is 3.54. The summed E-state index contributed by atoms with van der Waals surface area (Å²) >= 11 is 0. The van der Waals surface area contributed by atoms with E-state index in [0.717, 1.165) is 30.5 Å². The van der Waals surface area contributed by atoms with E-state index in [2.05, 4.69) is 0 Å². The highest BCUT2D eigenvalue weighted by molar-refractivity contribution is 5.94. The van der Waals surface area contributed by atoms with Crippen LogP contribution in [0.1, 0.15) is 44.7 Å². The summed E-state index contributed by atoms with van der Waals surface area (Å²) in [6, 6.07) is 11.2. The summed E-state index contributed by atoms with van der Waals surface area (Å²) < 4.78 is 37.9. The van der Waals surface area contributed by atoms with Gasteiger partial charge < -0.3 is 10.0 Å². The average molecular weight is 391 g/mol. The summed E-state index contributed by atoms with van der Waals surface area (Å²) in [5.74, 6) is -0.971. The van der Waals surface area contributed by atoms with Crippen LogP contribution in [0.15, 0.2) is 48.5 Å². The highest BCUT2D eigenvalue weighted by Gasteiger charge is 2.31. The van der Waals surface area contributed by atoms with Crippen molar-refractivity contribution in [3.8, 4) is 0 Å². The van der Waals surface area contributed by atoms with Crippen molar-refractivity contribution in [1.82, 2.24) is 4.90 Å². The molecule has 0 aliphatic carbocycles. The van der Waals surface area contributed by atoms with Crippen LogP contribution >= 0.6 is 0 Å². The highest BCUT2D eigenvalue weighted by atomic mass is 19.4. The third-order valence-corrected chi connectivity index (χ3v) is 5.12. The van der Waals surface area contributed by atoms with Crippen LogP contribution < -0.4 is 0 Å². The number of carbonyl (C=O) groups is 2. The van der Waals surface area contributed by atoms with E-state index in [1.807, 2.05) is 12.1 Å². The van der Waals surface area contributed by atoms with E-state index in [4.69, 9.17) is 0 Å². The van der Waals surface area contributed by atoms with E-state index in [1.165, 1.54) is 12.1 Å². The molecule has 0 radical (unpaired) electrons. The molecular formula is C21H20F3NO3. The minimum Gasteiger partial charge on any atom is -0.478 e. The van der Waals surface area contributed by atoms with Crippen molar-refractivity contribution in [1.29, 1.82) is 0 Å². The summed E-state index contributed by atoms with van der Waals surface area (Å²) in [4.78, 5) is 25.5. The Labute approximate surface area is 160 Å². The standard InChI is InChI=1S/C21H20F3NO3/c22-21(23,24)17-7-5-15(6-8-17)19(26)25-11-9-14(10-12-25)13-16-3-1-2-4-18(16)20(27)28/h1-8,14H,9-13H2,(H,27,28). The van der Waals surface area contributed by atoms with Crippen LogP contribution in [-0.4, -0.2) is 35.0 Å². The molecule has 1 N–H and O–H groups in total. The number of carboxylic acids is 1. The first kappa shape index (κ1) is 19.9. The molecule has 1 aliphatic heterocycles. The molecule has 28 heavy (non-hydrogen) atoms. The predicted octanol–water partition coefficient (Wildman–Crippen LogP) is 4.50. The number of carbonyl (C=O) groups excluding carboxylic acids is 1. The van der Waals surface area contributed by atoms with E-state index in [-0.39, 0.29) is 17.4 Å². The second-order valence-corrected chi connectivity index (χ2v) is 6.98. The van der Waals surface area contributed by atoms with Gasteiger partial charge in [0.15, 0.2) is 0 Å². The van der Waals surface area contributed by atoms with Crippen LogP contribution in [0.4, 0.5) is 13.2 Å². The zero-order chi connectivity index (χ0) is 20.3. The van der Waals surface area contributed by atoms with Gasteiger partial charge in [-0.2, -0.15) is 13.2 Å². The Morgan fingerprint density at radius 3 is 2.18 bits per heavy atom. The maximum atomic E-state index is 12.6. The van der Waals surface area contributed by atoms with Gasteiger partial charge in [-0.05, 0) is 61.1 Å². The smallest absolute Gasteiger partial charge is 0.416 e. The largest absolute Gasteiger partial charge is 0.478 e. The SMILES string of the molecule is O=C(O)c1ccccc1CC1CCN(C(=O)c2ccc(C(F)(F)F)cc2)CC1. The van der Waals surface area contributed by atoms with Gasteiger partial charge >= 0.3 is 12.1 Å². The highest BCUT2D eigenvalue weighted by Crippen LogP contribution is 2.30. The number of halogens is 3. The fourth-order valence-electron chi connectivity index (χ4n) is 3.54. The maximum Gasteiger partial charge on any atom is 0.416 e. The maximum absolute atomic E-state index is 12.6. The van der Waals surface area contributed by atoms with Crippen molar-refractivity contribution < 1.29 is 27.9 Å². The Balaban J connectivity index is 1.59. The van der Waals surface area contributed by atoms with Crippen LogP contribution in [0.25, 0.3) is 0 Å². The Morgan fingerprint density at radius 1 is 1.00 bits per heavy atom. The van der Waals surface area contributed by atoms with Gasteiger partial charge in [0.1, 0.15) is 0 Å². The molecule has 1 fully saturated rings. The number of likely N-dealkylation sites (tertiary alicyclic amines) is 1. The third kappa shape index (κ3) is 4.52. The monoisotopic (exact) mass is 391 g/mol. The lowest BCUT2D eigenvalue weighted by Crippen LogP contribution is -2.39. The lowest BCUT2D eigenvalue weighted by atomic mass is 9.88. The first-order valence-electron chi connectivity index (χ1n) is 9.03. The van der Waals surface area contributed by atoms with E-state index in [9.17, 15) is 27.9 Å². The summed E-state index contributed by atoms with van der Waals surface area (Å²) in [5, 5.41) is 9.28. The van der Waals surface area contributed by atoms with Crippen molar-refractivity contribution in [2.75, 3.05) is 13.1 Å². The van der Waals surface area contributed by atoms with Gasteiger partial charge in [0, 0.05) is 18.7 Å². The molecule has 0 atom stereocenters. The number of piperidine rings is 1. The Morgan fingerprint density at radius 2 is 1.61 bits per heavy atom. The molecule has 1 heterocycles. The molecule has 1 amide bonds. The van der Waals surface area contributed by atoms with Crippen LogP contribution in [0.2, 0.25) is 0 Å². The predicted molar refractivity (Wildman–Crippen MR) is 97.2 cm³/mol. The first-order valence-corrected chi connectivity index (χ1v) is 9.03. The number of nitrogens with zero attached hydrogens (tertiary/aromatic N) is 1. The molecule has 1 aliphatic rings. The van der Waals surface area contributed by atoms with Gasteiger partial charge in [0.25, 0.3) is 5.91 Å². The molecule has 0 bridgehead atoms. The Bertz CT molecular complexity index is 854. The van der Waals surface area contributed by atoms with Crippen molar-refractivity contribution in [2.24, 2.45) is 5.92 Å². The minimum absolute atomic E-state index is 0.239. The van der Waals surface area contributed by atoms with Crippen LogP contribution in [-0.2, 0) is 12.6 Å². The van der Waals surface area contributed by atoms with Crippen molar-refractivity contribution in [3.05, 3.63) is 70.8 Å². The average Bonchev–Trinajstić information content (AvgIpc) is 2.68. The quantitative estimate of drug-likeness (QED) is 0.835. The molecule has 0 unspecified atom stereocenters. The lowest BCUT2D eigenvalue weighted by Gasteiger charge is -2.32. The van der Waals surface area contributed by atoms with Crippen LogP contribution in [0.5, 0.6) is 0 Å². The number of hydrogen-bond acceptors (Lipinski definition) is 2. The van der Waals surface area contributed by atoms with E-state index in [1.54, 1.807) is 17.0 Å². The number of alkyl halides is 3. The summed E-state index contributed by atoms with van der Waals surface area (Å²) in [5.41, 5.74) is 0.538. The Hall–Kier alpha value is -2.83. The number of aromatic carboxylic acids is 1. The number of hydrogen-bond donors (Lipinski definition) is 1. The summed E-state index contributed by atoms with van der Waals surface area (Å²) in [6.07, 6.45) is -2.35. The van der Waals surface area contributed by atoms with E-state index < -0.39 is 17.7 Å². The molecule has 2 aromatic rings. The number of carboxylic acid groups (broad SMARTS) is 1. The van der Waals surface area contributed by atoms with Crippen LogP contribution in [0.3, 0.4) is 0 Å². The third-order valence-electron chi connectivity index (χ3n) is 5.12. The number of rotatable bonds is 4. The summed E-state index contributed by atoms with van der Waals surface area (Å²) in [6.45, 7) is 1.000. The van der Waals surface area contributed by atoms with Gasteiger partial charge in [-0.3, -0.25) is 4.79 Å². The lowest BCUT2D eigenvalue weighted by molar-refractivity contribution is -0.137. The fraction of sp³-hybridized carbons (Fsp3) is 0.333. The second kappa shape index (κ2) is 8.04. The molecule has 0 saturated carbocycles. The molecule has 148 valence electrons. The van der Waals surface area contributed by atoms with Crippen molar-refractivity contribution in [2.45, 2.75) is 25.4 Å². The first-order chi connectivity index (χ1) is 13.3. The molecule has 3 rings (SSSR count). The number of amides is 1. The molecule has 4 nitrogen and oxygen atoms in total. The molecule has 1 saturated heterocycles. The molecule has 0 aromatic heterocycles. The van der Waals surface area contributed by atoms with Gasteiger partial charge in [0.05, 0.1) is 11.1 Å². The van der Waals surface area contributed by atoms with Gasteiger partial charge in [0.2, 0.25) is 0 Å². The van der Waals surface area contributed by atoms with E-state index >= 15 is 0 Å². The molecule has 7 heteroatoms. The van der Waals surface area contributed by atoms with Crippen molar-refractivity contribution in [3.63, 3.8) is 0 Å². The van der Waals surface area contributed by atoms with Gasteiger partial charge in [-0.15, -0.1) is 0 Å². The zero-order valence-electron chi connectivity index (χ0n) is 15.1. The van der Waals surface area contributed by atoms with Gasteiger partial charge in [-0.1, -0.05) is 18.2 Å². The molecule has 2 aromatic carbocycles. The number of benzene rings is 2. The molecular weight excluding hydrogens is 371 g/mol. The second-order valence-electron chi connectivity index (χ2n) is 6.98. The zero-order valence-corrected chi connectivity index (χ0v) is 15.1. The van der Waals surface area contributed by atoms with Gasteiger partial charge in [-0.25, -0.2) is 4.79 Å². The van der Waals surface area contributed by atoms with Crippen molar-refractivity contribution >= 4 is 11.9 Å². The summed E-state index contributed by atoms with van der Waals surface area (Å²) in [7, 11) is 0. The molecule has 0 spiro atoms. The Kier molecular flexibility index (Phi) is 5.72. The van der Waals surface area contributed by atoms with E-state index in [0.29, 0.717) is 25.1 Å². The normalized spacial score (nSPS) is 15.5.